The second kappa shape index (κ2) is 5.26. The summed E-state index contributed by atoms with van der Waals surface area (Å²) in [6, 6.07) is 2.79. The van der Waals surface area contributed by atoms with E-state index in [1.807, 2.05) is 0 Å². The molecule has 0 aliphatic carbocycles. The first-order valence-corrected chi connectivity index (χ1v) is 4.87. The van der Waals surface area contributed by atoms with E-state index in [9.17, 15) is 22.8 Å². The van der Waals surface area contributed by atoms with E-state index in [0.29, 0.717) is 0 Å². The van der Waals surface area contributed by atoms with Gasteiger partial charge in [0.15, 0.2) is 5.78 Å². The molecule has 8 heteroatoms. The molecule has 0 aliphatic rings. The van der Waals surface area contributed by atoms with Crippen LogP contribution in [-0.2, 0) is 4.79 Å². The van der Waals surface area contributed by atoms with Gasteiger partial charge in [0, 0.05) is 5.56 Å². The van der Waals surface area contributed by atoms with Crippen LogP contribution in [0.25, 0.3) is 0 Å². The molecule has 1 aromatic carbocycles. The third-order valence-corrected chi connectivity index (χ3v) is 2.09. The Morgan fingerprint density at radius 3 is 2.39 bits per heavy atom. The van der Waals surface area contributed by atoms with Crippen LogP contribution in [-0.4, -0.2) is 23.2 Å². The number of carboxylic acid groups (broad SMARTS) is 1. The van der Waals surface area contributed by atoms with Crippen molar-refractivity contribution in [3.05, 3.63) is 28.8 Å². The number of hydrogen-bond donors (Lipinski definition) is 1. The molecule has 0 aliphatic heterocycles. The summed E-state index contributed by atoms with van der Waals surface area (Å²) < 4.78 is 39.4. The molecule has 0 bridgehead atoms. The zero-order valence-corrected chi connectivity index (χ0v) is 9.38. The number of aliphatic carboxylic acids is 1. The van der Waals surface area contributed by atoms with Crippen molar-refractivity contribution in [2.45, 2.75) is 12.8 Å². The van der Waals surface area contributed by atoms with Gasteiger partial charge < -0.3 is 9.84 Å². The largest absolute Gasteiger partial charge is 0.573 e. The Morgan fingerprint density at radius 2 is 1.94 bits per heavy atom. The van der Waals surface area contributed by atoms with Crippen LogP contribution in [0, 0.1) is 0 Å². The third-order valence-electron chi connectivity index (χ3n) is 1.79. The van der Waals surface area contributed by atoms with Crippen molar-refractivity contribution in [1.29, 1.82) is 0 Å². The Balaban J connectivity index is 2.92. The van der Waals surface area contributed by atoms with Crippen LogP contribution in [0.3, 0.4) is 0 Å². The molecule has 1 rings (SSSR count). The Hall–Kier alpha value is -1.76. The van der Waals surface area contributed by atoms with E-state index in [4.69, 9.17) is 16.7 Å². The van der Waals surface area contributed by atoms with Crippen molar-refractivity contribution in [3.63, 3.8) is 0 Å². The number of benzene rings is 1. The summed E-state index contributed by atoms with van der Waals surface area (Å²) in [6.07, 6.45) is -5.66. The summed E-state index contributed by atoms with van der Waals surface area (Å²) in [4.78, 5) is 21.6. The molecular formula is C10H6ClF3O4. The first-order chi connectivity index (χ1) is 8.19. The number of carbonyl (C=O) groups is 2. The minimum atomic E-state index is -4.89. The van der Waals surface area contributed by atoms with Crippen molar-refractivity contribution in [2.24, 2.45) is 0 Å². The fraction of sp³-hybridized carbons (Fsp3) is 0.200. The third kappa shape index (κ3) is 4.25. The van der Waals surface area contributed by atoms with Crippen LogP contribution in [0.5, 0.6) is 5.75 Å². The summed E-state index contributed by atoms with van der Waals surface area (Å²) in [5.41, 5.74) is -0.100. The molecule has 1 N–H and O–H groups in total. The minimum absolute atomic E-state index is 0.100. The lowest BCUT2D eigenvalue weighted by molar-refractivity contribution is -0.274. The fourth-order valence-electron chi connectivity index (χ4n) is 1.12. The summed E-state index contributed by atoms with van der Waals surface area (Å²) >= 11 is 5.49. The van der Waals surface area contributed by atoms with E-state index in [1.165, 1.54) is 0 Å². The average Bonchev–Trinajstić information content (AvgIpc) is 2.18. The highest BCUT2D eigenvalue weighted by molar-refractivity contribution is 6.32. The molecule has 1 aromatic rings. The molecule has 4 nitrogen and oxygen atoms in total. The topological polar surface area (TPSA) is 63.6 Å². The van der Waals surface area contributed by atoms with E-state index in [2.05, 4.69) is 4.74 Å². The Kier molecular flexibility index (Phi) is 4.18. The molecule has 0 heterocycles. The van der Waals surface area contributed by atoms with Crippen LogP contribution in [0.4, 0.5) is 13.2 Å². The van der Waals surface area contributed by atoms with Crippen molar-refractivity contribution in [3.8, 4) is 5.75 Å². The highest BCUT2D eigenvalue weighted by atomic mass is 35.5. The number of carbonyl (C=O) groups excluding carboxylic acids is 1. The van der Waals surface area contributed by atoms with Crippen molar-refractivity contribution < 1.29 is 32.6 Å². The molecule has 0 aromatic heterocycles. The lowest BCUT2D eigenvalue weighted by Crippen LogP contribution is -2.17. The van der Waals surface area contributed by atoms with Gasteiger partial charge in [0.1, 0.15) is 12.2 Å². The summed E-state index contributed by atoms with van der Waals surface area (Å²) in [5, 5.41) is 7.97. The van der Waals surface area contributed by atoms with Gasteiger partial charge in [-0.25, -0.2) is 0 Å². The van der Waals surface area contributed by atoms with Gasteiger partial charge in [0.2, 0.25) is 0 Å². The van der Waals surface area contributed by atoms with Crippen LogP contribution in [0.2, 0.25) is 5.02 Å². The number of ketones is 1. The van der Waals surface area contributed by atoms with Gasteiger partial charge in [0.25, 0.3) is 0 Å². The van der Waals surface area contributed by atoms with Crippen LogP contribution < -0.4 is 4.74 Å². The Labute approximate surface area is 104 Å². The maximum atomic E-state index is 11.9. The van der Waals surface area contributed by atoms with Gasteiger partial charge >= 0.3 is 12.3 Å². The van der Waals surface area contributed by atoms with Gasteiger partial charge in [-0.2, -0.15) is 0 Å². The average molecular weight is 283 g/mol. The molecule has 98 valence electrons. The highest BCUT2D eigenvalue weighted by Crippen LogP contribution is 2.30. The number of rotatable bonds is 4. The van der Waals surface area contributed by atoms with Gasteiger partial charge in [-0.05, 0) is 18.2 Å². The van der Waals surface area contributed by atoms with E-state index in [-0.39, 0.29) is 5.56 Å². The molecule has 18 heavy (non-hydrogen) atoms. The van der Waals surface area contributed by atoms with Gasteiger partial charge in [-0.15, -0.1) is 13.2 Å². The van der Waals surface area contributed by atoms with E-state index in [0.717, 1.165) is 18.2 Å². The van der Waals surface area contributed by atoms with E-state index >= 15 is 0 Å². The zero-order valence-electron chi connectivity index (χ0n) is 8.62. The molecular weight excluding hydrogens is 277 g/mol. The first-order valence-electron chi connectivity index (χ1n) is 4.49. The lowest BCUT2D eigenvalue weighted by Gasteiger charge is -2.10. The van der Waals surface area contributed by atoms with Crippen molar-refractivity contribution >= 4 is 23.4 Å². The smallest absolute Gasteiger partial charge is 0.481 e. The van der Waals surface area contributed by atoms with Crippen molar-refractivity contribution in [1.82, 2.24) is 0 Å². The van der Waals surface area contributed by atoms with Crippen LogP contribution >= 0.6 is 11.6 Å². The zero-order chi connectivity index (χ0) is 13.9. The van der Waals surface area contributed by atoms with Crippen LogP contribution in [0.1, 0.15) is 16.8 Å². The quantitative estimate of drug-likeness (QED) is 0.681. The second-order valence-electron chi connectivity index (χ2n) is 3.19. The maximum Gasteiger partial charge on any atom is 0.573 e. The summed E-state index contributed by atoms with van der Waals surface area (Å²) in [7, 11) is 0. The molecule has 0 radical (unpaired) electrons. The number of alkyl halides is 3. The predicted octanol–water partition coefficient (Wildman–Crippen LogP) is 2.90. The lowest BCUT2D eigenvalue weighted by atomic mass is 10.1. The molecule has 0 fully saturated rings. The van der Waals surface area contributed by atoms with Gasteiger partial charge in [-0.3, -0.25) is 9.59 Å². The Bertz CT molecular complexity index is 485. The maximum absolute atomic E-state index is 11.9. The normalized spacial score (nSPS) is 11.1. The monoisotopic (exact) mass is 282 g/mol. The van der Waals surface area contributed by atoms with Crippen LogP contribution in [0.15, 0.2) is 18.2 Å². The molecule has 0 spiro atoms. The highest BCUT2D eigenvalue weighted by Gasteiger charge is 2.32. The molecule has 0 unspecified atom stereocenters. The molecule has 0 saturated heterocycles. The molecule has 0 saturated carbocycles. The summed E-state index contributed by atoms with van der Waals surface area (Å²) in [6.45, 7) is 0. The molecule has 0 atom stereocenters. The first kappa shape index (κ1) is 14.3. The molecule has 0 amide bonds. The minimum Gasteiger partial charge on any atom is -0.481 e. The SMILES string of the molecule is O=C(O)CC(=O)c1ccc(OC(F)(F)F)c(Cl)c1. The number of ether oxygens (including phenoxy) is 1. The summed E-state index contributed by atoms with van der Waals surface area (Å²) in [5.74, 6) is -2.76. The predicted molar refractivity (Wildman–Crippen MR) is 54.7 cm³/mol. The van der Waals surface area contributed by atoms with Crippen molar-refractivity contribution in [2.75, 3.05) is 0 Å². The fourth-order valence-corrected chi connectivity index (χ4v) is 1.34. The Morgan fingerprint density at radius 1 is 1.33 bits per heavy atom. The number of hydrogen-bond acceptors (Lipinski definition) is 3. The van der Waals surface area contributed by atoms with Gasteiger partial charge in [-0.1, -0.05) is 11.6 Å². The standard InChI is InChI=1S/C10H6ClF3O4/c11-6-3-5(7(15)4-9(16)17)1-2-8(6)18-10(12,13)14/h1-3H,4H2,(H,16,17). The van der Waals surface area contributed by atoms with Gasteiger partial charge in [0.05, 0.1) is 5.02 Å². The number of carboxylic acids is 1. The van der Waals surface area contributed by atoms with E-state index < -0.39 is 35.3 Å². The van der Waals surface area contributed by atoms with E-state index in [1.54, 1.807) is 0 Å². The second-order valence-corrected chi connectivity index (χ2v) is 3.59. The number of Topliss-reactive ketones (excluding diaryl/α,β-unsaturated/α-hetero) is 1. The number of halogens is 4.